The Morgan fingerprint density at radius 3 is 3.00 bits per heavy atom. The molecule has 36 heavy (non-hydrogen) atoms. The van der Waals surface area contributed by atoms with E-state index < -0.39 is 0 Å². The quantitative estimate of drug-likeness (QED) is 0.335. The Kier molecular flexibility index (Phi) is 6.41. The monoisotopic (exact) mass is 488 g/mol. The van der Waals surface area contributed by atoms with Gasteiger partial charge in [-0.2, -0.15) is 10.2 Å². The maximum Gasteiger partial charge on any atom is 0.407 e. The maximum atomic E-state index is 11.9. The first-order chi connectivity index (χ1) is 17.4. The average molecular weight is 489 g/mol. The number of phenols is 1. The van der Waals surface area contributed by atoms with Crippen LogP contribution in [-0.4, -0.2) is 54.4 Å². The van der Waals surface area contributed by atoms with Gasteiger partial charge in [-0.25, -0.2) is 9.31 Å². The van der Waals surface area contributed by atoms with Gasteiger partial charge in [0.25, 0.3) is 0 Å². The molecule has 4 aromatic rings. The molecule has 3 N–H and O–H groups in total. The minimum absolute atomic E-state index is 0.0421. The minimum Gasteiger partial charge on any atom is -0.507 e. The van der Waals surface area contributed by atoms with Crippen molar-refractivity contribution in [1.29, 1.82) is 0 Å². The van der Waals surface area contributed by atoms with Crippen molar-refractivity contribution in [3.8, 4) is 17.0 Å². The molecule has 0 aliphatic heterocycles. The lowest BCUT2D eigenvalue weighted by atomic mass is 10.0. The molecule has 0 radical (unpaired) electrons. The Hall–Kier alpha value is -4.21. The number of phenolic OH excluding ortho intramolecular Hbond substituents is 1. The molecule has 10 nitrogen and oxygen atoms in total. The van der Waals surface area contributed by atoms with E-state index in [9.17, 15) is 14.7 Å². The van der Waals surface area contributed by atoms with Crippen LogP contribution >= 0.6 is 0 Å². The lowest BCUT2D eigenvalue weighted by Crippen LogP contribution is -2.33. The molecule has 1 aliphatic rings. The van der Waals surface area contributed by atoms with E-state index in [-0.39, 0.29) is 35.5 Å². The van der Waals surface area contributed by atoms with Gasteiger partial charge in [-0.05, 0) is 51.3 Å². The molecule has 0 spiro atoms. The number of benzene rings is 1. The predicted octanol–water partition coefficient (Wildman–Crippen LogP) is 4.00. The number of hydrogen-bond acceptors (Lipinski definition) is 7. The van der Waals surface area contributed by atoms with Gasteiger partial charge in [-0.15, -0.1) is 0 Å². The lowest BCUT2D eigenvalue weighted by Gasteiger charge is -2.14. The Morgan fingerprint density at radius 2 is 2.19 bits per heavy atom. The van der Waals surface area contributed by atoms with E-state index in [1.54, 1.807) is 29.0 Å². The molecule has 10 heteroatoms. The third kappa shape index (κ3) is 4.79. The van der Waals surface area contributed by atoms with Crippen LogP contribution in [0.5, 0.6) is 5.75 Å². The lowest BCUT2D eigenvalue weighted by molar-refractivity contribution is 0.0981. The topological polar surface area (TPSA) is 134 Å². The second-order valence-corrected chi connectivity index (χ2v) is 9.42. The van der Waals surface area contributed by atoms with Crippen molar-refractivity contribution in [3.63, 3.8) is 0 Å². The Balaban J connectivity index is 1.32. The highest BCUT2D eigenvalue weighted by Crippen LogP contribution is 2.35. The summed E-state index contributed by atoms with van der Waals surface area (Å²) in [5.74, 6) is 0.146. The number of amides is 1. The molecule has 1 aliphatic carbocycles. The molecule has 1 saturated carbocycles. The van der Waals surface area contributed by atoms with E-state index in [2.05, 4.69) is 25.6 Å². The molecule has 186 valence electrons. The van der Waals surface area contributed by atoms with Gasteiger partial charge in [0.15, 0.2) is 6.29 Å². The highest BCUT2D eigenvalue weighted by molar-refractivity contribution is 5.90. The zero-order valence-electron chi connectivity index (χ0n) is 20.1. The SMILES string of the molecule is CC(C)NC(=O)O[C@@H]1CC[C@H](c2cc(Cc3nccn4nc(-c5cccc(O)c5C=O)cc34)[nH]n2)C1. The number of aromatic amines is 1. The zero-order chi connectivity index (χ0) is 25.2. The van der Waals surface area contributed by atoms with E-state index in [4.69, 9.17) is 4.74 Å². The first-order valence-electron chi connectivity index (χ1n) is 12.0. The van der Waals surface area contributed by atoms with Crippen molar-refractivity contribution in [3.05, 3.63) is 65.4 Å². The van der Waals surface area contributed by atoms with Gasteiger partial charge < -0.3 is 15.2 Å². The first-order valence-corrected chi connectivity index (χ1v) is 12.0. The molecule has 0 unspecified atom stereocenters. The number of nitrogens with one attached hydrogen (secondary N) is 2. The minimum atomic E-state index is -0.372. The molecule has 5 rings (SSSR count). The van der Waals surface area contributed by atoms with Crippen molar-refractivity contribution in [2.24, 2.45) is 0 Å². The summed E-state index contributed by atoms with van der Waals surface area (Å²) in [7, 11) is 0. The summed E-state index contributed by atoms with van der Waals surface area (Å²) in [6.45, 7) is 3.80. The molecule has 3 heterocycles. The summed E-state index contributed by atoms with van der Waals surface area (Å²) in [5.41, 5.74) is 4.81. The number of nitrogens with zero attached hydrogens (tertiary/aromatic N) is 4. The second-order valence-electron chi connectivity index (χ2n) is 9.42. The summed E-state index contributed by atoms with van der Waals surface area (Å²) in [6, 6.07) is 8.87. The number of carbonyl (C=O) groups is 2. The first kappa shape index (κ1) is 23.5. The smallest absolute Gasteiger partial charge is 0.407 e. The van der Waals surface area contributed by atoms with Gasteiger partial charge in [0, 0.05) is 42.0 Å². The van der Waals surface area contributed by atoms with Crippen LogP contribution in [0.3, 0.4) is 0 Å². The van der Waals surface area contributed by atoms with Gasteiger partial charge in [0.2, 0.25) is 0 Å². The molecule has 1 amide bonds. The van der Waals surface area contributed by atoms with Crippen LogP contribution in [0, 0.1) is 0 Å². The Bertz CT molecular complexity index is 1410. The molecule has 3 aromatic heterocycles. The highest BCUT2D eigenvalue weighted by atomic mass is 16.6. The van der Waals surface area contributed by atoms with E-state index in [1.807, 2.05) is 26.0 Å². The van der Waals surface area contributed by atoms with Gasteiger partial charge in [0.1, 0.15) is 11.9 Å². The third-order valence-corrected chi connectivity index (χ3v) is 6.44. The number of hydrogen-bond donors (Lipinski definition) is 3. The standard InChI is InChI=1S/C26H28N6O4/c1-15(2)28-26(35)36-18-7-6-16(10-18)21-11-17(29-30-21)12-23-24-13-22(31-32(24)9-8-27-23)19-4-3-5-25(34)20(19)14-33/h3-5,8-9,11,13-16,18,34H,6-7,10,12H2,1-2H3,(H,28,35)(H,29,30)/t16-,18+/m0/s1. The number of carbonyl (C=O) groups excluding carboxylic acids is 2. The molecule has 1 fully saturated rings. The van der Waals surface area contributed by atoms with Gasteiger partial charge in [-0.3, -0.25) is 14.9 Å². The summed E-state index contributed by atoms with van der Waals surface area (Å²) < 4.78 is 7.26. The highest BCUT2D eigenvalue weighted by Gasteiger charge is 2.30. The summed E-state index contributed by atoms with van der Waals surface area (Å²) in [5, 5.41) is 25.0. The number of aldehydes is 1. The number of aromatic nitrogens is 5. The van der Waals surface area contributed by atoms with Crippen LogP contribution in [0.4, 0.5) is 4.79 Å². The van der Waals surface area contributed by atoms with Gasteiger partial charge >= 0.3 is 6.09 Å². The van der Waals surface area contributed by atoms with Gasteiger partial charge in [0.05, 0.1) is 28.2 Å². The van der Waals surface area contributed by atoms with E-state index >= 15 is 0 Å². The van der Waals surface area contributed by atoms with E-state index in [0.717, 1.165) is 41.9 Å². The fraction of sp³-hybridized carbons (Fsp3) is 0.346. The van der Waals surface area contributed by atoms with Crippen LogP contribution < -0.4 is 5.32 Å². The summed E-state index contributed by atoms with van der Waals surface area (Å²) in [6.07, 6.45) is 6.58. The second kappa shape index (κ2) is 9.80. The maximum absolute atomic E-state index is 11.9. The van der Waals surface area contributed by atoms with Crippen molar-refractivity contribution < 1.29 is 19.4 Å². The fourth-order valence-corrected chi connectivity index (χ4v) is 4.74. The van der Waals surface area contributed by atoms with Crippen LogP contribution in [0.1, 0.15) is 66.5 Å². The summed E-state index contributed by atoms with van der Waals surface area (Å²) in [4.78, 5) is 28.0. The largest absolute Gasteiger partial charge is 0.507 e. The predicted molar refractivity (Wildman–Crippen MR) is 132 cm³/mol. The number of alkyl carbamates (subject to hydrolysis) is 1. The molecule has 2 atom stereocenters. The van der Waals surface area contributed by atoms with E-state index in [1.165, 1.54) is 6.07 Å². The van der Waals surface area contributed by atoms with Crippen LogP contribution in [0.2, 0.25) is 0 Å². The average Bonchev–Trinajstić information content (AvgIpc) is 3.58. The summed E-state index contributed by atoms with van der Waals surface area (Å²) >= 11 is 0. The van der Waals surface area contributed by atoms with Crippen LogP contribution in [0.25, 0.3) is 16.8 Å². The van der Waals surface area contributed by atoms with Crippen molar-refractivity contribution >= 4 is 17.9 Å². The molecule has 1 aromatic carbocycles. The number of ether oxygens (including phenoxy) is 1. The normalized spacial score (nSPS) is 17.5. The third-order valence-electron chi connectivity index (χ3n) is 6.44. The van der Waals surface area contributed by atoms with Crippen LogP contribution in [0.15, 0.2) is 42.7 Å². The molecular formula is C26H28N6O4. The fourth-order valence-electron chi connectivity index (χ4n) is 4.74. The number of aromatic hydroxyl groups is 1. The van der Waals surface area contributed by atoms with Crippen molar-refractivity contribution in [2.45, 2.75) is 57.6 Å². The number of rotatable bonds is 7. The number of H-pyrrole nitrogens is 1. The zero-order valence-corrected chi connectivity index (χ0v) is 20.1. The molecule has 0 saturated heterocycles. The molecular weight excluding hydrogens is 460 g/mol. The van der Waals surface area contributed by atoms with E-state index in [0.29, 0.717) is 24.0 Å². The van der Waals surface area contributed by atoms with Gasteiger partial charge in [-0.1, -0.05) is 12.1 Å². The van der Waals surface area contributed by atoms with Crippen molar-refractivity contribution in [1.82, 2.24) is 30.1 Å². The Labute approximate surface area is 207 Å². The van der Waals surface area contributed by atoms with Crippen molar-refractivity contribution in [2.75, 3.05) is 0 Å². The number of fused-ring (bicyclic) bond motifs is 1. The molecule has 0 bridgehead atoms. The van der Waals surface area contributed by atoms with Crippen LogP contribution in [-0.2, 0) is 11.2 Å². The Morgan fingerprint density at radius 1 is 1.33 bits per heavy atom.